The molecule has 6 rings (SSSR count). The molecule has 2 aliphatic rings. The van der Waals surface area contributed by atoms with Crippen LogP contribution in [0, 0.1) is 0 Å². The highest BCUT2D eigenvalue weighted by Gasteiger charge is 2.32. The minimum atomic E-state index is -0.277. The number of rotatable bonds is 4. The summed E-state index contributed by atoms with van der Waals surface area (Å²) in [6.45, 7) is 0. The lowest BCUT2D eigenvalue weighted by Gasteiger charge is -2.10. The smallest absolute Gasteiger partial charge is 0.197 e. The van der Waals surface area contributed by atoms with Gasteiger partial charge in [0, 0.05) is 22.3 Å². The summed E-state index contributed by atoms with van der Waals surface area (Å²) in [5, 5.41) is 16.5. The Morgan fingerprint density at radius 3 is 1.47 bits per heavy atom. The SMILES string of the molecule is C.O=C1C(=C/C=C/C=C/C=C/C2=C([O-])c3cc4ccccc4cc3C2=O)C(=O)c2cc3ccccc3cc21. The molecule has 4 heteroatoms. The monoisotopic (exact) mass is 495 g/mol. The molecule has 0 atom stereocenters. The Labute approximate surface area is 220 Å². The van der Waals surface area contributed by atoms with Gasteiger partial charge in [0.15, 0.2) is 17.3 Å². The van der Waals surface area contributed by atoms with Crippen LogP contribution in [0.5, 0.6) is 0 Å². The summed E-state index contributed by atoms with van der Waals surface area (Å²) in [6.07, 6.45) is 11.4. The van der Waals surface area contributed by atoms with Crippen LogP contribution in [-0.4, -0.2) is 17.3 Å². The minimum Gasteiger partial charge on any atom is -0.872 e. The van der Waals surface area contributed by atoms with Crippen molar-refractivity contribution in [1.82, 2.24) is 0 Å². The van der Waals surface area contributed by atoms with E-state index in [1.54, 1.807) is 54.6 Å². The van der Waals surface area contributed by atoms with Gasteiger partial charge in [-0.25, -0.2) is 0 Å². The zero-order valence-electron chi connectivity index (χ0n) is 19.6. The van der Waals surface area contributed by atoms with Crippen molar-refractivity contribution < 1.29 is 19.5 Å². The zero-order chi connectivity index (χ0) is 25.5. The number of ketones is 3. The van der Waals surface area contributed by atoms with Crippen molar-refractivity contribution >= 4 is 44.7 Å². The molecule has 0 saturated heterocycles. The van der Waals surface area contributed by atoms with Crippen molar-refractivity contribution in [3.05, 3.63) is 149 Å². The molecular formula is C34H23O4-. The zero-order valence-corrected chi connectivity index (χ0v) is 19.6. The van der Waals surface area contributed by atoms with Crippen LogP contribution in [0.2, 0.25) is 0 Å². The second-order valence-electron chi connectivity index (χ2n) is 8.93. The fraction of sp³-hybridized carbons (Fsp3) is 0.0294. The van der Waals surface area contributed by atoms with Crippen LogP contribution in [0.25, 0.3) is 27.3 Å². The molecule has 0 spiro atoms. The van der Waals surface area contributed by atoms with E-state index in [4.69, 9.17) is 0 Å². The third kappa shape index (κ3) is 4.02. The fourth-order valence-corrected chi connectivity index (χ4v) is 4.82. The van der Waals surface area contributed by atoms with Gasteiger partial charge in [-0.1, -0.05) is 98.2 Å². The van der Waals surface area contributed by atoms with Crippen molar-refractivity contribution in [2.75, 3.05) is 0 Å². The van der Waals surface area contributed by atoms with Gasteiger partial charge in [0.1, 0.15) is 0 Å². The first-order valence-electron chi connectivity index (χ1n) is 11.9. The molecule has 4 nitrogen and oxygen atoms in total. The van der Waals surface area contributed by atoms with Crippen LogP contribution in [-0.2, 0) is 0 Å². The van der Waals surface area contributed by atoms with Crippen molar-refractivity contribution in [1.29, 1.82) is 0 Å². The second-order valence-corrected chi connectivity index (χ2v) is 8.93. The highest BCUT2D eigenvalue weighted by atomic mass is 16.3. The summed E-state index contributed by atoms with van der Waals surface area (Å²) in [5.41, 5.74) is 1.98. The molecule has 0 aliphatic heterocycles. The van der Waals surface area contributed by atoms with E-state index in [-0.39, 0.29) is 41.7 Å². The highest BCUT2D eigenvalue weighted by molar-refractivity contribution is 6.40. The molecule has 38 heavy (non-hydrogen) atoms. The molecule has 2 aliphatic carbocycles. The molecular weight excluding hydrogens is 472 g/mol. The van der Waals surface area contributed by atoms with Gasteiger partial charge in [-0.05, 0) is 57.4 Å². The third-order valence-electron chi connectivity index (χ3n) is 6.70. The Bertz CT molecular complexity index is 1770. The standard InChI is InChI=1S/C33H20O4.CH4/c34-30-24(31(35)27-17-21-11-7-6-10-20(21)16-26(27)30)14-4-2-1-3-5-15-25-32(36)28-18-22-12-8-9-13-23(22)19-29(28)33(25)37;/h1-19,34H;1H4/p-1/b2-1+,5-3+,14-4+;. The van der Waals surface area contributed by atoms with Crippen LogP contribution in [0.15, 0.2) is 126 Å². The Balaban J connectivity index is 0.00000294. The maximum atomic E-state index is 12.8. The molecule has 184 valence electrons. The average molecular weight is 496 g/mol. The normalized spacial score (nSPS) is 14.9. The summed E-state index contributed by atoms with van der Waals surface area (Å²) in [5.74, 6) is -1.11. The first-order chi connectivity index (χ1) is 18.0. The molecule has 0 aromatic heterocycles. The lowest BCUT2D eigenvalue weighted by Crippen LogP contribution is -2.02. The van der Waals surface area contributed by atoms with E-state index < -0.39 is 0 Å². The van der Waals surface area contributed by atoms with Gasteiger partial charge in [-0.15, -0.1) is 0 Å². The predicted octanol–water partition coefficient (Wildman–Crippen LogP) is 6.57. The van der Waals surface area contributed by atoms with Gasteiger partial charge in [0.05, 0.1) is 5.57 Å². The maximum Gasteiger partial charge on any atom is 0.197 e. The van der Waals surface area contributed by atoms with Crippen molar-refractivity contribution in [3.63, 3.8) is 0 Å². The Kier molecular flexibility index (Phi) is 6.31. The molecule has 0 amide bonds. The van der Waals surface area contributed by atoms with E-state index in [1.165, 1.54) is 12.2 Å². The number of hydrogen-bond acceptors (Lipinski definition) is 4. The van der Waals surface area contributed by atoms with E-state index in [9.17, 15) is 19.5 Å². The first-order valence-corrected chi connectivity index (χ1v) is 11.9. The summed E-state index contributed by atoms with van der Waals surface area (Å²) in [6, 6.07) is 22.3. The molecule has 0 heterocycles. The van der Waals surface area contributed by atoms with Crippen molar-refractivity contribution in [2.45, 2.75) is 7.43 Å². The largest absolute Gasteiger partial charge is 0.872 e. The van der Waals surface area contributed by atoms with E-state index >= 15 is 0 Å². The molecule has 0 unspecified atom stereocenters. The van der Waals surface area contributed by atoms with Crippen molar-refractivity contribution in [3.8, 4) is 0 Å². The van der Waals surface area contributed by atoms with Gasteiger partial charge in [-0.3, -0.25) is 14.4 Å². The average Bonchev–Trinajstić information content (AvgIpc) is 3.29. The van der Waals surface area contributed by atoms with Crippen LogP contribution in [0.3, 0.4) is 0 Å². The van der Waals surface area contributed by atoms with Crippen LogP contribution >= 0.6 is 0 Å². The van der Waals surface area contributed by atoms with Crippen LogP contribution in [0.4, 0.5) is 0 Å². The second kappa shape index (κ2) is 9.75. The molecule has 4 aromatic carbocycles. The predicted molar refractivity (Wildman–Crippen MR) is 150 cm³/mol. The highest BCUT2D eigenvalue weighted by Crippen LogP contribution is 2.33. The van der Waals surface area contributed by atoms with E-state index in [2.05, 4.69) is 0 Å². The molecule has 0 radical (unpaired) electrons. The Hall–Kier alpha value is -5.09. The molecule has 0 N–H and O–H groups in total. The van der Waals surface area contributed by atoms with Gasteiger partial charge in [0.2, 0.25) is 0 Å². The number of Topliss-reactive ketones (excluding diaryl/α,β-unsaturated/α-hetero) is 3. The van der Waals surface area contributed by atoms with Gasteiger partial charge in [-0.2, -0.15) is 0 Å². The number of allylic oxidation sites excluding steroid dienone is 9. The lowest BCUT2D eigenvalue weighted by atomic mass is 10.0. The maximum absolute atomic E-state index is 12.8. The molecule has 0 fully saturated rings. The van der Waals surface area contributed by atoms with Gasteiger partial charge >= 0.3 is 0 Å². The van der Waals surface area contributed by atoms with Crippen LogP contribution < -0.4 is 5.11 Å². The van der Waals surface area contributed by atoms with Crippen molar-refractivity contribution in [2.24, 2.45) is 0 Å². The summed E-state index contributed by atoms with van der Waals surface area (Å²) in [7, 11) is 0. The molecule has 0 saturated carbocycles. The third-order valence-corrected chi connectivity index (χ3v) is 6.70. The number of carbonyl (C=O) groups is 3. The Morgan fingerprint density at radius 1 is 0.526 bits per heavy atom. The summed E-state index contributed by atoms with van der Waals surface area (Å²) in [4.78, 5) is 38.3. The van der Waals surface area contributed by atoms with Gasteiger partial charge in [0.25, 0.3) is 0 Å². The summed E-state index contributed by atoms with van der Waals surface area (Å²) >= 11 is 0. The summed E-state index contributed by atoms with van der Waals surface area (Å²) < 4.78 is 0. The lowest BCUT2D eigenvalue weighted by molar-refractivity contribution is -0.244. The molecule has 4 aromatic rings. The topological polar surface area (TPSA) is 74.3 Å². The first kappa shape index (κ1) is 24.6. The van der Waals surface area contributed by atoms with E-state index in [1.807, 2.05) is 48.5 Å². The number of hydrogen-bond donors (Lipinski definition) is 0. The minimum absolute atomic E-state index is 0. The quantitative estimate of drug-likeness (QED) is 0.182. The van der Waals surface area contributed by atoms with Crippen LogP contribution in [0.1, 0.15) is 44.1 Å². The van der Waals surface area contributed by atoms with E-state index in [0.717, 1.165) is 21.5 Å². The fourth-order valence-electron chi connectivity index (χ4n) is 4.82. The molecule has 0 bridgehead atoms. The van der Waals surface area contributed by atoms with Gasteiger partial charge < -0.3 is 5.11 Å². The number of benzene rings is 4. The number of carbonyl (C=O) groups excluding carboxylic acids is 3. The number of fused-ring (bicyclic) bond motifs is 4. The van der Waals surface area contributed by atoms with E-state index in [0.29, 0.717) is 22.3 Å². The Morgan fingerprint density at radius 2 is 0.947 bits per heavy atom.